The zero-order valence-corrected chi connectivity index (χ0v) is 13.9. The molecule has 0 aliphatic carbocycles. The molecule has 1 heterocycles. The minimum atomic E-state index is 0.386. The van der Waals surface area contributed by atoms with Gasteiger partial charge in [0.25, 0.3) is 0 Å². The topological polar surface area (TPSA) is 12.0 Å². The highest BCUT2D eigenvalue weighted by atomic mass is 79.9. The number of nitrogens with one attached hydrogen (secondary N) is 1. The maximum atomic E-state index is 3.66. The first-order valence-electron chi connectivity index (χ1n) is 6.96. The van der Waals surface area contributed by atoms with Crippen molar-refractivity contribution in [3.8, 4) is 0 Å². The van der Waals surface area contributed by atoms with E-state index in [0.29, 0.717) is 11.3 Å². The molecule has 0 spiro atoms. The molecular weight excluding hydrogens is 330 g/mol. The Balaban J connectivity index is 1.56. The van der Waals surface area contributed by atoms with E-state index in [-0.39, 0.29) is 0 Å². The summed E-state index contributed by atoms with van der Waals surface area (Å²) in [5.74, 6) is 0. The second-order valence-electron chi connectivity index (χ2n) is 5.24. The highest BCUT2D eigenvalue weighted by molar-refractivity contribution is 9.10. The van der Waals surface area contributed by atoms with Crippen molar-refractivity contribution in [2.75, 3.05) is 6.54 Å². The van der Waals surface area contributed by atoms with E-state index in [2.05, 4.69) is 76.7 Å². The summed E-state index contributed by atoms with van der Waals surface area (Å²) in [6.45, 7) is 3.28. The molecule has 20 heavy (non-hydrogen) atoms. The Morgan fingerprint density at radius 1 is 1.25 bits per heavy atom. The quantitative estimate of drug-likeness (QED) is 0.850. The van der Waals surface area contributed by atoms with E-state index >= 15 is 0 Å². The predicted octanol–water partition coefficient (Wildman–Crippen LogP) is 4.82. The zero-order valence-electron chi connectivity index (χ0n) is 11.5. The molecule has 1 N–H and O–H groups in total. The van der Waals surface area contributed by atoms with Crippen LogP contribution in [0.2, 0.25) is 0 Å². The van der Waals surface area contributed by atoms with Crippen LogP contribution in [0.15, 0.2) is 57.9 Å². The van der Waals surface area contributed by atoms with Crippen LogP contribution >= 0.6 is 27.7 Å². The monoisotopic (exact) mass is 347 g/mol. The number of hydrogen-bond donors (Lipinski definition) is 1. The van der Waals surface area contributed by atoms with Gasteiger partial charge in [0.2, 0.25) is 0 Å². The Morgan fingerprint density at radius 3 is 2.90 bits per heavy atom. The molecule has 1 aliphatic heterocycles. The molecule has 3 rings (SSSR count). The highest BCUT2D eigenvalue weighted by Gasteiger charge is 2.21. The third-order valence-corrected chi connectivity index (χ3v) is 5.53. The first-order chi connectivity index (χ1) is 9.72. The maximum absolute atomic E-state index is 3.66. The SMILES string of the molecule is C[C@@H](NCC1Cc2ccccc2S1)c1cccc(Br)c1. The second kappa shape index (κ2) is 6.33. The third kappa shape index (κ3) is 3.27. The molecule has 1 nitrogen and oxygen atoms in total. The molecule has 0 saturated carbocycles. The molecular formula is C17H18BrNS. The molecule has 2 aromatic carbocycles. The molecule has 0 amide bonds. The Morgan fingerprint density at radius 2 is 2.10 bits per heavy atom. The van der Waals surface area contributed by atoms with Gasteiger partial charge in [-0.3, -0.25) is 0 Å². The number of halogens is 1. The number of thioether (sulfide) groups is 1. The van der Waals surface area contributed by atoms with Crippen molar-refractivity contribution >= 4 is 27.7 Å². The summed E-state index contributed by atoms with van der Waals surface area (Å²) >= 11 is 5.54. The Labute approximate surface area is 133 Å². The Kier molecular flexibility index (Phi) is 4.49. The van der Waals surface area contributed by atoms with Crippen LogP contribution in [0, 0.1) is 0 Å². The summed E-state index contributed by atoms with van der Waals surface area (Å²) in [5.41, 5.74) is 2.83. The van der Waals surface area contributed by atoms with Crippen LogP contribution in [0.5, 0.6) is 0 Å². The average Bonchev–Trinajstić information content (AvgIpc) is 2.87. The molecule has 0 fully saturated rings. The van der Waals surface area contributed by atoms with Gasteiger partial charge in [-0.05, 0) is 42.7 Å². The van der Waals surface area contributed by atoms with Crippen LogP contribution in [-0.2, 0) is 6.42 Å². The second-order valence-corrected chi connectivity index (χ2v) is 7.49. The number of hydrogen-bond acceptors (Lipinski definition) is 2. The van der Waals surface area contributed by atoms with Gasteiger partial charge < -0.3 is 5.32 Å². The van der Waals surface area contributed by atoms with E-state index in [1.54, 1.807) is 0 Å². The van der Waals surface area contributed by atoms with Gasteiger partial charge in [-0.1, -0.05) is 46.3 Å². The van der Waals surface area contributed by atoms with Crippen molar-refractivity contribution in [2.24, 2.45) is 0 Å². The van der Waals surface area contributed by atoms with E-state index < -0.39 is 0 Å². The zero-order chi connectivity index (χ0) is 13.9. The largest absolute Gasteiger partial charge is 0.309 e. The molecule has 1 aliphatic rings. The van der Waals surface area contributed by atoms with Crippen molar-refractivity contribution < 1.29 is 0 Å². The van der Waals surface area contributed by atoms with E-state index in [1.807, 2.05) is 11.8 Å². The summed E-state index contributed by atoms with van der Waals surface area (Å²) < 4.78 is 1.14. The molecule has 2 atom stereocenters. The highest BCUT2D eigenvalue weighted by Crippen LogP contribution is 2.36. The van der Waals surface area contributed by atoms with Gasteiger partial charge in [0.15, 0.2) is 0 Å². The lowest BCUT2D eigenvalue weighted by molar-refractivity contribution is 0.567. The molecule has 0 bridgehead atoms. The Bertz CT molecular complexity index is 574. The normalized spacial score (nSPS) is 18.8. The van der Waals surface area contributed by atoms with Crippen LogP contribution in [-0.4, -0.2) is 11.8 Å². The summed E-state index contributed by atoms with van der Waals surface area (Å²) in [7, 11) is 0. The number of benzene rings is 2. The van der Waals surface area contributed by atoms with E-state index in [9.17, 15) is 0 Å². The van der Waals surface area contributed by atoms with E-state index in [1.165, 1.54) is 22.4 Å². The molecule has 1 unspecified atom stereocenters. The summed E-state index contributed by atoms with van der Waals surface area (Å²) in [6.07, 6.45) is 1.18. The summed E-state index contributed by atoms with van der Waals surface area (Å²) in [6, 6.07) is 17.7. The van der Waals surface area contributed by atoms with Gasteiger partial charge >= 0.3 is 0 Å². The van der Waals surface area contributed by atoms with E-state index in [4.69, 9.17) is 0 Å². The molecule has 3 heteroatoms. The average molecular weight is 348 g/mol. The van der Waals surface area contributed by atoms with Gasteiger partial charge in [-0.2, -0.15) is 0 Å². The summed E-state index contributed by atoms with van der Waals surface area (Å²) in [4.78, 5) is 1.45. The van der Waals surface area contributed by atoms with Gasteiger partial charge in [-0.15, -0.1) is 11.8 Å². The van der Waals surface area contributed by atoms with Gasteiger partial charge in [0.05, 0.1) is 0 Å². The van der Waals surface area contributed by atoms with E-state index in [0.717, 1.165) is 11.0 Å². The fraction of sp³-hybridized carbons (Fsp3) is 0.294. The Hall–Kier alpha value is -0.770. The molecule has 0 saturated heterocycles. The molecule has 0 radical (unpaired) electrons. The standard InChI is InChI=1S/C17H18BrNS/c1-12(13-6-4-7-15(18)9-13)19-11-16-10-14-5-2-3-8-17(14)20-16/h2-9,12,16,19H,10-11H2,1H3/t12-,16?/m1/s1. The fourth-order valence-electron chi connectivity index (χ4n) is 2.57. The predicted molar refractivity (Wildman–Crippen MR) is 90.4 cm³/mol. The van der Waals surface area contributed by atoms with Gasteiger partial charge in [-0.25, -0.2) is 0 Å². The fourth-order valence-corrected chi connectivity index (χ4v) is 4.25. The van der Waals surface area contributed by atoms with Crippen LogP contribution in [0.1, 0.15) is 24.1 Å². The first kappa shape index (κ1) is 14.2. The van der Waals surface area contributed by atoms with Crippen molar-refractivity contribution in [1.82, 2.24) is 5.32 Å². The van der Waals surface area contributed by atoms with Crippen LogP contribution < -0.4 is 5.32 Å². The minimum absolute atomic E-state index is 0.386. The van der Waals surface area contributed by atoms with Crippen molar-refractivity contribution in [1.29, 1.82) is 0 Å². The number of fused-ring (bicyclic) bond motifs is 1. The lowest BCUT2D eigenvalue weighted by atomic mass is 10.1. The van der Waals surface area contributed by atoms with Crippen molar-refractivity contribution in [2.45, 2.75) is 29.5 Å². The smallest absolute Gasteiger partial charge is 0.0292 e. The van der Waals surface area contributed by atoms with Crippen LogP contribution in [0.25, 0.3) is 0 Å². The third-order valence-electron chi connectivity index (χ3n) is 3.71. The van der Waals surface area contributed by atoms with Crippen molar-refractivity contribution in [3.63, 3.8) is 0 Å². The first-order valence-corrected chi connectivity index (χ1v) is 8.63. The lowest BCUT2D eigenvalue weighted by Gasteiger charge is -2.17. The minimum Gasteiger partial charge on any atom is -0.309 e. The maximum Gasteiger partial charge on any atom is 0.0292 e. The molecule has 2 aromatic rings. The number of rotatable bonds is 4. The molecule has 104 valence electrons. The molecule has 0 aromatic heterocycles. The summed E-state index contributed by atoms with van der Waals surface area (Å²) in [5, 5.41) is 4.32. The van der Waals surface area contributed by atoms with Gasteiger partial charge in [0.1, 0.15) is 0 Å². The van der Waals surface area contributed by atoms with Crippen molar-refractivity contribution in [3.05, 3.63) is 64.1 Å². The van der Waals surface area contributed by atoms with Crippen LogP contribution in [0.3, 0.4) is 0 Å². The lowest BCUT2D eigenvalue weighted by Crippen LogP contribution is -2.27. The van der Waals surface area contributed by atoms with Crippen LogP contribution in [0.4, 0.5) is 0 Å². The van der Waals surface area contributed by atoms with Gasteiger partial charge in [0, 0.05) is 27.2 Å².